The molecule has 0 radical (unpaired) electrons. The third kappa shape index (κ3) is 24.2. The zero-order valence-corrected chi connectivity index (χ0v) is 51.0. The normalized spacial score (nSPS) is 9.14. The summed E-state index contributed by atoms with van der Waals surface area (Å²) in [5, 5.41) is 98.4. The van der Waals surface area contributed by atoms with Gasteiger partial charge in [-0.05, 0) is 86.6 Å². The minimum absolute atomic E-state index is 0. The second-order valence-corrected chi connectivity index (χ2v) is 14.6. The van der Waals surface area contributed by atoms with Crippen LogP contribution in [0.4, 0.5) is 0 Å². The summed E-state index contributed by atoms with van der Waals surface area (Å²) in [4.78, 5) is 75.8. The number of aromatic hydroxyl groups is 4. The Labute approximate surface area is 488 Å². The first-order valence-corrected chi connectivity index (χ1v) is 21.7. The maximum Gasteiger partial charge on any atom is 2.00 e. The average Bonchev–Trinajstić information content (AvgIpc) is 3.39. The van der Waals surface area contributed by atoms with Crippen LogP contribution >= 0.6 is 0 Å². The van der Waals surface area contributed by atoms with Gasteiger partial charge in [0.25, 0.3) is 0 Å². The molecule has 10 aromatic rings. The van der Waals surface area contributed by atoms with Gasteiger partial charge in [0.1, 0.15) is 23.0 Å². The zero-order chi connectivity index (χ0) is 56.2. The first kappa shape index (κ1) is 69.9. The standard InChI is InChI=1S/2C12H8N2.4C7H6O3.2C2H4O2.3Zn/c2*1-3-9-5-6-10-4-2-8-14-12(10)11(9)13-7-1;4*8-6-4-2-1-3-5(6)7(9)10;2*1-2(3)4;;;/h2*1-8H;4*1-4,8H,(H,9,10);2*1H3,(H,3,4);;;/q;;;;;;;;3*+2/p-6. The van der Waals surface area contributed by atoms with Crippen molar-refractivity contribution in [3.63, 3.8) is 0 Å². The Kier molecular flexibility index (Phi) is 32.5. The molecule has 0 saturated carbocycles. The van der Waals surface area contributed by atoms with Gasteiger partial charge in [-0.1, -0.05) is 97.1 Å². The largest absolute Gasteiger partial charge is 2.00 e. The molecule has 0 aliphatic rings. The Bertz CT molecular complexity index is 3130. The third-order valence-corrected chi connectivity index (χ3v) is 9.19. The molecule has 23 heteroatoms. The summed E-state index contributed by atoms with van der Waals surface area (Å²) in [6.07, 6.45) is 7.21. The summed E-state index contributed by atoms with van der Waals surface area (Å²) in [6.45, 7) is 1.94. The molecular formula is C56H42N4O16Zn3. The van der Waals surface area contributed by atoms with Gasteiger partial charge in [0, 0.05) is 80.5 Å². The molecule has 0 fully saturated rings. The second kappa shape index (κ2) is 36.8. The van der Waals surface area contributed by atoms with Gasteiger partial charge in [-0.15, -0.1) is 0 Å². The molecule has 20 nitrogen and oxygen atoms in total. The SMILES string of the molecule is CC(=O)[O-].CC(=O)[O-].O=C([O-])c1ccccc1O.O=C([O-])c1ccccc1O.O=C([O-])c1ccccc1O.O=C([O-])c1ccccc1O.[Zn+2].[Zn+2].[Zn+2].c1cnc2c(c1)ccc1cccnc12.c1cnc2c(c1)ccc1cccnc12. The van der Waals surface area contributed by atoms with Gasteiger partial charge >= 0.3 is 58.4 Å². The number of hydrogen-bond donors (Lipinski definition) is 4. The summed E-state index contributed by atoms with van der Waals surface area (Å²) in [5.41, 5.74) is 3.20. The molecule has 0 bridgehead atoms. The van der Waals surface area contributed by atoms with Crippen molar-refractivity contribution in [2.45, 2.75) is 13.8 Å². The number of nitrogens with zero attached hydrogens (tertiary/aromatic N) is 4. The van der Waals surface area contributed by atoms with Crippen molar-refractivity contribution in [3.05, 3.63) is 217 Å². The number of aromatic nitrogens is 4. The number of aromatic carboxylic acids is 4. The molecule has 0 spiro atoms. The Hall–Kier alpha value is -9.15. The van der Waals surface area contributed by atoms with Crippen molar-refractivity contribution in [1.82, 2.24) is 19.9 Å². The summed E-state index contributed by atoms with van der Waals surface area (Å²) >= 11 is 0. The Morgan fingerprint density at radius 3 is 0.595 bits per heavy atom. The van der Waals surface area contributed by atoms with Crippen LogP contribution in [0.25, 0.3) is 43.6 Å². The second-order valence-electron chi connectivity index (χ2n) is 14.6. The van der Waals surface area contributed by atoms with Crippen LogP contribution in [0.3, 0.4) is 0 Å². The molecule has 0 saturated heterocycles. The quantitative estimate of drug-likeness (QED) is 0.145. The van der Waals surface area contributed by atoms with Crippen LogP contribution in [0.5, 0.6) is 23.0 Å². The summed E-state index contributed by atoms with van der Waals surface area (Å²) in [7, 11) is 0. The minimum atomic E-state index is -1.36. The molecule has 10 rings (SSSR count). The minimum Gasteiger partial charge on any atom is -0.550 e. The molecule has 0 unspecified atom stereocenters. The number of pyridine rings is 4. The molecule has 0 aliphatic carbocycles. The molecule has 388 valence electrons. The molecule has 4 aromatic heterocycles. The van der Waals surface area contributed by atoms with Crippen LogP contribution in [-0.4, -0.2) is 76.2 Å². The van der Waals surface area contributed by atoms with Crippen LogP contribution < -0.4 is 30.6 Å². The number of carbonyl (C=O) groups excluding carboxylic acids is 6. The molecule has 6 aromatic carbocycles. The van der Waals surface area contributed by atoms with Gasteiger partial charge in [0.15, 0.2) is 0 Å². The number of fused-ring (bicyclic) bond motifs is 6. The smallest absolute Gasteiger partial charge is 0.550 e. The van der Waals surface area contributed by atoms with Crippen molar-refractivity contribution in [1.29, 1.82) is 0 Å². The molecule has 79 heavy (non-hydrogen) atoms. The van der Waals surface area contributed by atoms with E-state index in [0.29, 0.717) is 0 Å². The average molecular weight is 1220 g/mol. The third-order valence-electron chi connectivity index (χ3n) is 9.19. The zero-order valence-electron chi connectivity index (χ0n) is 42.1. The fourth-order valence-corrected chi connectivity index (χ4v) is 5.94. The van der Waals surface area contributed by atoms with Crippen LogP contribution in [0.15, 0.2) is 195 Å². The molecular weight excluding hydrogens is 1180 g/mol. The number of rotatable bonds is 4. The number of para-hydroxylation sites is 4. The van der Waals surface area contributed by atoms with Gasteiger partial charge in [-0.3, -0.25) is 19.9 Å². The molecule has 0 atom stereocenters. The van der Waals surface area contributed by atoms with E-state index in [0.717, 1.165) is 57.5 Å². The predicted octanol–water partition coefficient (Wildman–Crippen LogP) is 2.09. The van der Waals surface area contributed by atoms with Crippen molar-refractivity contribution < 1.29 is 138 Å². The summed E-state index contributed by atoms with van der Waals surface area (Å²) in [6, 6.07) is 46.8. The summed E-state index contributed by atoms with van der Waals surface area (Å²) < 4.78 is 0. The maximum atomic E-state index is 10.2. The molecule has 0 aliphatic heterocycles. The van der Waals surface area contributed by atoms with Crippen molar-refractivity contribution in [2.75, 3.05) is 0 Å². The number of benzene rings is 6. The van der Waals surface area contributed by atoms with E-state index in [4.69, 9.17) is 40.2 Å². The van der Waals surface area contributed by atoms with Gasteiger partial charge in [0.05, 0.1) is 45.9 Å². The number of phenols is 4. The van der Waals surface area contributed by atoms with Gasteiger partial charge in [0.2, 0.25) is 0 Å². The number of hydrogen-bond acceptors (Lipinski definition) is 20. The molecule has 4 heterocycles. The first-order valence-electron chi connectivity index (χ1n) is 21.7. The maximum absolute atomic E-state index is 10.2. The van der Waals surface area contributed by atoms with Crippen LogP contribution in [0.2, 0.25) is 0 Å². The van der Waals surface area contributed by atoms with Crippen molar-refractivity contribution >= 4 is 79.4 Å². The van der Waals surface area contributed by atoms with Crippen molar-refractivity contribution in [3.8, 4) is 23.0 Å². The molecule has 0 amide bonds. The van der Waals surface area contributed by atoms with Gasteiger partial charge < -0.3 is 79.8 Å². The van der Waals surface area contributed by atoms with E-state index in [9.17, 15) is 39.6 Å². The van der Waals surface area contributed by atoms with E-state index in [1.54, 1.807) is 49.1 Å². The van der Waals surface area contributed by atoms with Crippen molar-refractivity contribution in [2.24, 2.45) is 0 Å². The Balaban J connectivity index is 0.000000899. The number of carboxylic acids is 6. The fraction of sp³-hybridized carbons (Fsp3) is 0.0357. The monoisotopic (exact) mass is 1220 g/mol. The van der Waals surface area contributed by atoms with E-state index >= 15 is 0 Å². The first-order chi connectivity index (χ1) is 36.2. The summed E-state index contributed by atoms with van der Waals surface area (Å²) in [5.74, 6) is -8.66. The number of carboxylic acid groups (broad SMARTS) is 6. The van der Waals surface area contributed by atoms with Gasteiger partial charge in [-0.25, -0.2) is 0 Å². The predicted molar refractivity (Wildman–Crippen MR) is 265 cm³/mol. The van der Waals surface area contributed by atoms with Crippen LogP contribution in [-0.2, 0) is 68.0 Å². The molecule has 4 N–H and O–H groups in total. The van der Waals surface area contributed by atoms with Crippen LogP contribution in [0, 0.1) is 0 Å². The van der Waals surface area contributed by atoms with E-state index in [2.05, 4.69) is 68.5 Å². The van der Waals surface area contributed by atoms with Crippen LogP contribution in [0.1, 0.15) is 55.3 Å². The van der Waals surface area contributed by atoms with Gasteiger partial charge in [-0.2, -0.15) is 0 Å². The fourth-order valence-electron chi connectivity index (χ4n) is 5.94. The Morgan fingerprint density at radius 1 is 0.291 bits per heavy atom. The Morgan fingerprint density at radius 2 is 0.456 bits per heavy atom. The van der Waals surface area contributed by atoms with E-state index in [1.807, 2.05) is 24.3 Å². The van der Waals surface area contributed by atoms with E-state index in [-0.39, 0.29) is 104 Å². The topological polar surface area (TPSA) is 373 Å². The number of aliphatic carboxylic acids is 2. The van der Waals surface area contributed by atoms with E-state index in [1.165, 1.54) is 72.8 Å². The van der Waals surface area contributed by atoms with E-state index < -0.39 is 35.8 Å². The number of carbonyl (C=O) groups is 6.